The molecule has 16 heavy (non-hydrogen) atoms. The second-order valence-corrected chi connectivity index (χ2v) is 4.30. The van der Waals surface area contributed by atoms with Crippen LogP contribution < -0.4 is 0 Å². The highest BCUT2D eigenvalue weighted by molar-refractivity contribution is 5.62. The minimum atomic E-state index is -0.181. The number of hydrogen-bond donors (Lipinski definition) is 0. The van der Waals surface area contributed by atoms with Gasteiger partial charge in [-0.3, -0.25) is 4.68 Å². The lowest BCUT2D eigenvalue weighted by molar-refractivity contribution is 0.627. The van der Waals surface area contributed by atoms with E-state index in [4.69, 9.17) is 0 Å². The van der Waals surface area contributed by atoms with Gasteiger partial charge in [0.2, 0.25) is 0 Å². The normalized spacial score (nSPS) is 11.1. The number of hydrogen-bond acceptors (Lipinski definition) is 1. The van der Waals surface area contributed by atoms with E-state index in [-0.39, 0.29) is 5.82 Å². The van der Waals surface area contributed by atoms with Crippen LogP contribution in [0.3, 0.4) is 0 Å². The van der Waals surface area contributed by atoms with E-state index >= 15 is 0 Å². The van der Waals surface area contributed by atoms with Crippen LogP contribution in [0.4, 0.5) is 4.39 Å². The Morgan fingerprint density at radius 3 is 2.56 bits per heavy atom. The Morgan fingerprint density at radius 2 is 2.06 bits per heavy atom. The van der Waals surface area contributed by atoms with E-state index in [1.165, 1.54) is 0 Å². The van der Waals surface area contributed by atoms with Gasteiger partial charge in [0.15, 0.2) is 0 Å². The first-order valence-corrected chi connectivity index (χ1v) is 5.36. The maximum Gasteiger partial charge on any atom is 0.131 e. The first-order valence-electron chi connectivity index (χ1n) is 5.36. The molecule has 0 bridgehead atoms. The zero-order valence-electron chi connectivity index (χ0n) is 9.74. The summed E-state index contributed by atoms with van der Waals surface area (Å²) in [4.78, 5) is 0. The first kappa shape index (κ1) is 10.9. The van der Waals surface area contributed by atoms with Crippen molar-refractivity contribution in [1.82, 2.24) is 9.78 Å². The van der Waals surface area contributed by atoms with E-state index < -0.39 is 0 Å². The second-order valence-electron chi connectivity index (χ2n) is 4.30. The molecule has 2 aromatic rings. The standard InChI is InChI=1S/C13H15FN2/c1-9(2)10-4-5-12(13(14)6-10)11-7-15-16(3)8-11/h4-9H,1-3H3. The predicted molar refractivity (Wildman–Crippen MR) is 62.7 cm³/mol. The summed E-state index contributed by atoms with van der Waals surface area (Å²) in [5.41, 5.74) is 2.44. The number of rotatable bonds is 2. The average molecular weight is 218 g/mol. The minimum Gasteiger partial charge on any atom is -0.275 e. The molecule has 84 valence electrons. The monoisotopic (exact) mass is 218 g/mol. The van der Waals surface area contributed by atoms with Crippen molar-refractivity contribution in [2.24, 2.45) is 7.05 Å². The molecule has 1 aromatic heterocycles. The lowest BCUT2D eigenvalue weighted by Crippen LogP contribution is -1.91. The maximum atomic E-state index is 13.9. The van der Waals surface area contributed by atoms with Crippen molar-refractivity contribution in [1.29, 1.82) is 0 Å². The number of halogens is 1. The Kier molecular flexibility index (Phi) is 2.77. The van der Waals surface area contributed by atoms with Crippen LogP contribution in [0.15, 0.2) is 30.6 Å². The number of aryl methyl sites for hydroxylation is 1. The molecule has 0 unspecified atom stereocenters. The van der Waals surface area contributed by atoms with E-state index in [0.29, 0.717) is 11.5 Å². The van der Waals surface area contributed by atoms with Gasteiger partial charge in [-0.15, -0.1) is 0 Å². The molecule has 1 heterocycles. The molecule has 0 spiro atoms. The van der Waals surface area contributed by atoms with E-state index in [1.807, 2.05) is 25.4 Å². The van der Waals surface area contributed by atoms with Crippen LogP contribution in [0.5, 0.6) is 0 Å². The Bertz CT molecular complexity index is 500. The van der Waals surface area contributed by atoms with E-state index in [0.717, 1.165) is 11.1 Å². The third kappa shape index (κ3) is 1.98. The van der Waals surface area contributed by atoms with Gasteiger partial charge in [0.25, 0.3) is 0 Å². The van der Waals surface area contributed by atoms with Gasteiger partial charge in [0.1, 0.15) is 5.82 Å². The van der Waals surface area contributed by atoms with Crippen LogP contribution in [0.25, 0.3) is 11.1 Å². The van der Waals surface area contributed by atoms with Gasteiger partial charge in [0.05, 0.1) is 6.20 Å². The molecular formula is C13H15FN2. The molecule has 0 fully saturated rings. The fraction of sp³-hybridized carbons (Fsp3) is 0.308. The van der Waals surface area contributed by atoms with Gasteiger partial charge in [-0.2, -0.15) is 5.10 Å². The topological polar surface area (TPSA) is 17.8 Å². The largest absolute Gasteiger partial charge is 0.275 e. The summed E-state index contributed by atoms with van der Waals surface area (Å²) >= 11 is 0. The smallest absolute Gasteiger partial charge is 0.131 e. The fourth-order valence-corrected chi connectivity index (χ4v) is 1.68. The Balaban J connectivity index is 2.44. The highest BCUT2D eigenvalue weighted by Crippen LogP contribution is 2.25. The molecule has 2 nitrogen and oxygen atoms in total. The molecule has 0 saturated carbocycles. The van der Waals surface area contributed by atoms with Crippen molar-refractivity contribution in [3.05, 3.63) is 42.0 Å². The lowest BCUT2D eigenvalue weighted by atomic mass is 9.99. The molecule has 1 aromatic carbocycles. The summed E-state index contributed by atoms with van der Waals surface area (Å²) in [5.74, 6) is 0.164. The van der Waals surface area contributed by atoms with Crippen LogP contribution in [0.1, 0.15) is 25.3 Å². The van der Waals surface area contributed by atoms with Crippen LogP contribution in [0, 0.1) is 5.82 Å². The molecule has 0 saturated heterocycles. The summed E-state index contributed by atoms with van der Waals surface area (Å²) in [5, 5.41) is 4.04. The SMILES string of the molecule is CC(C)c1ccc(-c2cnn(C)c2)c(F)c1. The van der Waals surface area contributed by atoms with Crippen molar-refractivity contribution in [3.8, 4) is 11.1 Å². The highest BCUT2D eigenvalue weighted by atomic mass is 19.1. The summed E-state index contributed by atoms with van der Waals surface area (Å²) in [6, 6.07) is 5.39. The summed E-state index contributed by atoms with van der Waals surface area (Å²) in [6.07, 6.45) is 3.49. The summed E-state index contributed by atoms with van der Waals surface area (Å²) < 4.78 is 15.5. The van der Waals surface area contributed by atoms with Crippen LogP contribution in [-0.2, 0) is 7.05 Å². The second kappa shape index (κ2) is 4.08. The van der Waals surface area contributed by atoms with Crippen LogP contribution in [0.2, 0.25) is 0 Å². The third-order valence-electron chi connectivity index (χ3n) is 2.68. The fourth-order valence-electron chi connectivity index (χ4n) is 1.68. The van der Waals surface area contributed by atoms with Gasteiger partial charge < -0.3 is 0 Å². The molecule has 0 N–H and O–H groups in total. The molecule has 0 amide bonds. The van der Waals surface area contributed by atoms with Gasteiger partial charge in [-0.25, -0.2) is 4.39 Å². The Morgan fingerprint density at radius 1 is 1.31 bits per heavy atom. The number of nitrogens with zero attached hydrogens (tertiary/aromatic N) is 2. The molecule has 3 heteroatoms. The zero-order valence-corrected chi connectivity index (χ0v) is 9.74. The maximum absolute atomic E-state index is 13.9. The summed E-state index contributed by atoms with van der Waals surface area (Å²) in [6.45, 7) is 4.11. The van der Waals surface area contributed by atoms with Crippen LogP contribution >= 0.6 is 0 Å². The highest BCUT2D eigenvalue weighted by Gasteiger charge is 2.09. The predicted octanol–water partition coefficient (Wildman–Crippen LogP) is 3.35. The Labute approximate surface area is 94.7 Å². The van der Waals surface area contributed by atoms with Crippen molar-refractivity contribution in [2.45, 2.75) is 19.8 Å². The Hall–Kier alpha value is -1.64. The van der Waals surface area contributed by atoms with Gasteiger partial charge >= 0.3 is 0 Å². The van der Waals surface area contributed by atoms with E-state index in [2.05, 4.69) is 18.9 Å². The quantitative estimate of drug-likeness (QED) is 0.755. The van der Waals surface area contributed by atoms with Gasteiger partial charge in [-0.1, -0.05) is 26.0 Å². The lowest BCUT2D eigenvalue weighted by Gasteiger charge is -2.07. The van der Waals surface area contributed by atoms with Gasteiger partial charge in [0, 0.05) is 24.4 Å². The average Bonchev–Trinajstić information content (AvgIpc) is 2.64. The number of aromatic nitrogens is 2. The molecule has 0 radical (unpaired) electrons. The zero-order chi connectivity index (χ0) is 11.7. The number of benzene rings is 1. The van der Waals surface area contributed by atoms with E-state index in [9.17, 15) is 4.39 Å². The first-order chi connectivity index (χ1) is 7.58. The van der Waals surface area contributed by atoms with Crippen LogP contribution in [-0.4, -0.2) is 9.78 Å². The molecule has 0 aliphatic heterocycles. The van der Waals surface area contributed by atoms with E-state index in [1.54, 1.807) is 16.9 Å². The molecular weight excluding hydrogens is 203 g/mol. The molecule has 0 aliphatic rings. The van der Waals surface area contributed by atoms with Crippen molar-refractivity contribution < 1.29 is 4.39 Å². The minimum absolute atomic E-state index is 0.181. The molecule has 0 aliphatic carbocycles. The third-order valence-corrected chi connectivity index (χ3v) is 2.68. The molecule has 2 rings (SSSR count). The van der Waals surface area contributed by atoms with Crippen molar-refractivity contribution in [3.63, 3.8) is 0 Å². The van der Waals surface area contributed by atoms with Crippen molar-refractivity contribution in [2.75, 3.05) is 0 Å². The molecule has 0 atom stereocenters. The van der Waals surface area contributed by atoms with Crippen molar-refractivity contribution >= 4 is 0 Å². The summed E-state index contributed by atoms with van der Waals surface area (Å²) in [7, 11) is 1.82. The van der Waals surface area contributed by atoms with Gasteiger partial charge in [-0.05, 0) is 17.5 Å².